The molecule has 1 heterocycles. The lowest BCUT2D eigenvalue weighted by Crippen LogP contribution is -2.46. The molecule has 1 N–H and O–H groups in total. The number of hydrogen-bond acceptors (Lipinski definition) is 2. The van der Waals surface area contributed by atoms with E-state index in [0.29, 0.717) is 12.1 Å². The maximum absolute atomic E-state index is 11.2. The number of piperidine rings is 1. The maximum Gasteiger partial charge on any atom is 0.219 e. The molecule has 1 fully saturated rings. The fourth-order valence-electron chi connectivity index (χ4n) is 2.36. The van der Waals surface area contributed by atoms with E-state index >= 15 is 0 Å². The van der Waals surface area contributed by atoms with Crippen molar-refractivity contribution in [2.24, 2.45) is 0 Å². The van der Waals surface area contributed by atoms with Gasteiger partial charge in [0.1, 0.15) is 0 Å². The number of rotatable bonds is 5. The number of hydrogen-bond donors (Lipinski definition) is 1. The fourth-order valence-corrected chi connectivity index (χ4v) is 2.36. The summed E-state index contributed by atoms with van der Waals surface area (Å²) in [7, 11) is 0. The third-order valence-electron chi connectivity index (χ3n) is 3.45. The molecule has 0 aromatic heterocycles. The minimum Gasteiger partial charge on any atom is -0.343 e. The van der Waals surface area contributed by atoms with Crippen LogP contribution in [0.25, 0.3) is 0 Å². The number of nitrogens with zero attached hydrogens (tertiary/aromatic N) is 1. The van der Waals surface area contributed by atoms with Gasteiger partial charge in [-0.25, -0.2) is 0 Å². The zero-order chi connectivity index (χ0) is 12.0. The Labute approximate surface area is 99.6 Å². The molecular formula is C13H26N2O. The van der Waals surface area contributed by atoms with E-state index in [0.717, 1.165) is 25.9 Å². The highest BCUT2D eigenvalue weighted by atomic mass is 16.2. The molecule has 1 aliphatic heterocycles. The van der Waals surface area contributed by atoms with E-state index in [2.05, 4.69) is 19.2 Å². The van der Waals surface area contributed by atoms with Crippen molar-refractivity contribution in [3.8, 4) is 0 Å². The predicted molar refractivity (Wildman–Crippen MR) is 67.4 cm³/mol. The summed E-state index contributed by atoms with van der Waals surface area (Å²) in [5.74, 6) is 0.220. The van der Waals surface area contributed by atoms with Crippen LogP contribution in [0.5, 0.6) is 0 Å². The fraction of sp³-hybridized carbons (Fsp3) is 0.923. The standard InChI is InChI=1S/C13H26N2O/c1-4-5-6-11(2)14-13-7-9-15(10-8-13)12(3)16/h11,13-14H,4-10H2,1-3H3. The van der Waals surface area contributed by atoms with Crippen molar-refractivity contribution in [3.63, 3.8) is 0 Å². The molecule has 1 unspecified atom stereocenters. The van der Waals surface area contributed by atoms with E-state index in [-0.39, 0.29) is 5.91 Å². The monoisotopic (exact) mass is 226 g/mol. The summed E-state index contributed by atoms with van der Waals surface area (Å²) in [5, 5.41) is 3.68. The van der Waals surface area contributed by atoms with Crippen LogP contribution in [0.1, 0.15) is 52.9 Å². The van der Waals surface area contributed by atoms with Crippen LogP contribution in [0.15, 0.2) is 0 Å². The quantitative estimate of drug-likeness (QED) is 0.779. The van der Waals surface area contributed by atoms with Gasteiger partial charge in [0.2, 0.25) is 5.91 Å². The highest BCUT2D eigenvalue weighted by Crippen LogP contribution is 2.12. The van der Waals surface area contributed by atoms with Crippen molar-refractivity contribution in [2.45, 2.75) is 65.0 Å². The summed E-state index contributed by atoms with van der Waals surface area (Å²) in [5.41, 5.74) is 0. The SMILES string of the molecule is CCCCC(C)NC1CCN(C(C)=O)CC1. The Morgan fingerprint density at radius 2 is 2.06 bits per heavy atom. The smallest absolute Gasteiger partial charge is 0.219 e. The molecule has 0 aliphatic carbocycles. The zero-order valence-electron chi connectivity index (χ0n) is 11.0. The highest BCUT2D eigenvalue weighted by molar-refractivity contribution is 5.73. The first-order valence-electron chi connectivity index (χ1n) is 6.65. The molecule has 16 heavy (non-hydrogen) atoms. The van der Waals surface area contributed by atoms with Crippen LogP contribution in [0.2, 0.25) is 0 Å². The van der Waals surface area contributed by atoms with Crippen molar-refractivity contribution in [1.29, 1.82) is 0 Å². The molecule has 1 amide bonds. The van der Waals surface area contributed by atoms with Gasteiger partial charge in [-0.15, -0.1) is 0 Å². The molecule has 0 aromatic rings. The third kappa shape index (κ3) is 4.52. The first-order chi connectivity index (χ1) is 7.63. The van der Waals surface area contributed by atoms with Gasteiger partial charge in [-0.1, -0.05) is 19.8 Å². The van der Waals surface area contributed by atoms with Crippen LogP contribution < -0.4 is 5.32 Å². The average Bonchev–Trinajstić information content (AvgIpc) is 2.27. The van der Waals surface area contributed by atoms with Crippen LogP contribution in [-0.4, -0.2) is 36.0 Å². The lowest BCUT2D eigenvalue weighted by atomic mass is 10.0. The molecule has 1 rings (SSSR count). The number of carbonyl (C=O) groups excluding carboxylic acids is 1. The maximum atomic E-state index is 11.2. The van der Waals surface area contributed by atoms with Crippen molar-refractivity contribution < 1.29 is 4.79 Å². The van der Waals surface area contributed by atoms with Gasteiger partial charge in [-0.2, -0.15) is 0 Å². The number of amides is 1. The third-order valence-corrected chi connectivity index (χ3v) is 3.45. The zero-order valence-corrected chi connectivity index (χ0v) is 11.0. The second-order valence-corrected chi connectivity index (χ2v) is 4.99. The summed E-state index contributed by atoms with van der Waals surface area (Å²) in [6.45, 7) is 8.02. The lowest BCUT2D eigenvalue weighted by Gasteiger charge is -2.33. The van der Waals surface area contributed by atoms with Gasteiger partial charge in [0.05, 0.1) is 0 Å². The van der Waals surface area contributed by atoms with E-state index in [9.17, 15) is 4.79 Å². The lowest BCUT2D eigenvalue weighted by molar-refractivity contribution is -0.129. The Balaban J connectivity index is 2.18. The van der Waals surface area contributed by atoms with Gasteiger partial charge in [0.25, 0.3) is 0 Å². The summed E-state index contributed by atoms with van der Waals surface area (Å²) >= 11 is 0. The Kier molecular flexibility index (Phi) is 5.81. The van der Waals surface area contributed by atoms with E-state index in [4.69, 9.17) is 0 Å². The van der Waals surface area contributed by atoms with Crippen LogP contribution in [0, 0.1) is 0 Å². The second kappa shape index (κ2) is 6.89. The number of carbonyl (C=O) groups is 1. The molecule has 0 bridgehead atoms. The Morgan fingerprint density at radius 1 is 1.44 bits per heavy atom. The van der Waals surface area contributed by atoms with Gasteiger partial charge in [0.15, 0.2) is 0 Å². The van der Waals surface area contributed by atoms with Crippen LogP contribution in [0.3, 0.4) is 0 Å². The van der Waals surface area contributed by atoms with E-state index in [1.54, 1.807) is 6.92 Å². The average molecular weight is 226 g/mol. The normalized spacial score (nSPS) is 19.8. The van der Waals surface area contributed by atoms with Crippen molar-refractivity contribution >= 4 is 5.91 Å². The van der Waals surface area contributed by atoms with E-state index in [1.165, 1.54) is 19.3 Å². The largest absolute Gasteiger partial charge is 0.343 e. The molecule has 3 heteroatoms. The molecule has 0 aromatic carbocycles. The molecule has 3 nitrogen and oxygen atoms in total. The van der Waals surface area contributed by atoms with Gasteiger partial charge in [-0.3, -0.25) is 4.79 Å². The molecule has 1 atom stereocenters. The van der Waals surface area contributed by atoms with Crippen LogP contribution in [0.4, 0.5) is 0 Å². The second-order valence-electron chi connectivity index (χ2n) is 4.99. The predicted octanol–water partition coefficient (Wildman–Crippen LogP) is 2.17. The number of likely N-dealkylation sites (tertiary alicyclic amines) is 1. The first-order valence-corrected chi connectivity index (χ1v) is 6.65. The molecule has 0 saturated carbocycles. The van der Waals surface area contributed by atoms with Crippen LogP contribution in [-0.2, 0) is 4.79 Å². The molecule has 0 spiro atoms. The highest BCUT2D eigenvalue weighted by Gasteiger charge is 2.21. The van der Waals surface area contributed by atoms with Crippen molar-refractivity contribution in [1.82, 2.24) is 10.2 Å². The molecule has 94 valence electrons. The molecule has 1 saturated heterocycles. The number of nitrogens with one attached hydrogen (secondary N) is 1. The molecular weight excluding hydrogens is 200 g/mol. The summed E-state index contributed by atoms with van der Waals surface area (Å²) in [6, 6.07) is 1.23. The van der Waals surface area contributed by atoms with Crippen molar-refractivity contribution in [3.05, 3.63) is 0 Å². The number of unbranched alkanes of at least 4 members (excludes halogenated alkanes) is 1. The van der Waals surface area contributed by atoms with Gasteiger partial charge in [0, 0.05) is 32.1 Å². The summed E-state index contributed by atoms with van der Waals surface area (Å²) < 4.78 is 0. The Hall–Kier alpha value is -0.570. The Morgan fingerprint density at radius 3 is 2.56 bits per heavy atom. The van der Waals surface area contributed by atoms with E-state index in [1.807, 2.05) is 4.90 Å². The molecule has 1 aliphatic rings. The molecule has 0 radical (unpaired) electrons. The van der Waals surface area contributed by atoms with Gasteiger partial charge >= 0.3 is 0 Å². The Bertz CT molecular complexity index is 210. The van der Waals surface area contributed by atoms with Gasteiger partial charge in [-0.05, 0) is 26.2 Å². The summed E-state index contributed by atoms with van der Waals surface area (Å²) in [4.78, 5) is 13.1. The van der Waals surface area contributed by atoms with Crippen molar-refractivity contribution in [2.75, 3.05) is 13.1 Å². The minimum atomic E-state index is 0.220. The minimum absolute atomic E-state index is 0.220. The topological polar surface area (TPSA) is 32.3 Å². The van der Waals surface area contributed by atoms with E-state index < -0.39 is 0 Å². The van der Waals surface area contributed by atoms with Gasteiger partial charge < -0.3 is 10.2 Å². The summed E-state index contributed by atoms with van der Waals surface area (Å²) in [6.07, 6.45) is 6.06. The van der Waals surface area contributed by atoms with Crippen LogP contribution >= 0.6 is 0 Å². The first kappa shape index (κ1) is 13.5.